The number of para-hydroxylation sites is 1. The van der Waals surface area contributed by atoms with E-state index in [-0.39, 0.29) is 0 Å². The summed E-state index contributed by atoms with van der Waals surface area (Å²) in [6, 6.07) is 10.6. The molecule has 25 heavy (non-hydrogen) atoms. The summed E-state index contributed by atoms with van der Waals surface area (Å²) in [6.07, 6.45) is 0. The highest BCUT2D eigenvalue weighted by Gasteiger charge is 2.13. The molecule has 0 aliphatic carbocycles. The highest BCUT2D eigenvalue weighted by atomic mass is 35.5. The molecule has 0 fully saturated rings. The minimum absolute atomic E-state index is 0.295. The second-order valence-electron chi connectivity index (χ2n) is 5.02. The number of hydrogen-bond donors (Lipinski definition) is 1. The van der Waals surface area contributed by atoms with Crippen LogP contribution in [0.1, 0.15) is 5.89 Å². The fourth-order valence-electron chi connectivity index (χ4n) is 2.24. The van der Waals surface area contributed by atoms with E-state index in [1.54, 1.807) is 44.6 Å². The van der Waals surface area contributed by atoms with Crippen molar-refractivity contribution in [2.45, 2.75) is 6.54 Å². The number of halogens is 2. The average molecular weight is 380 g/mol. The van der Waals surface area contributed by atoms with Crippen molar-refractivity contribution in [3.05, 3.63) is 52.3 Å². The van der Waals surface area contributed by atoms with Gasteiger partial charge in [-0.05, 0) is 30.3 Å². The van der Waals surface area contributed by atoms with Crippen LogP contribution in [0.3, 0.4) is 0 Å². The Hall–Kier alpha value is -2.44. The molecule has 130 valence electrons. The maximum Gasteiger partial charge on any atom is 0.247 e. The van der Waals surface area contributed by atoms with E-state index < -0.39 is 0 Å². The standard InChI is InChI=1S/C17H15Cl2N3O3/c1-23-13-7-6-10(8-14(13)24-2)17-22-21-15(25-17)9-20-16-11(18)4-3-5-12(16)19/h3-8,20H,9H2,1-2H3. The molecule has 0 unspecified atom stereocenters. The highest BCUT2D eigenvalue weighted by Crippen LogP contribution is 2.32. The summed E-state index contributed by atoms with van der Waals surface area (Å²) in [5, 5.41) is 12.2. The van der Waals surface area contributed by atoms with Crippen molar-refractivity contribution in [3.8, 4) is 23.0 Å². The van der Waals surface area contributed by atoms with E-state index in [0.29, 0.717) is 45.6 Å². The number of nitrogens with one attached hydrogen (secondary N) is 1. The lowest BCUT2D eigenvalue weighted by atomic mass is 10.2. The van der Waals surface area contributed by atoms with Gasteiger partial charge in [-0.3, -0.25) is 0 Å². The van der Waals surface area contributed by atoms with E-state index in [0.717, 1.165) is 5.56 Å². The SMILES string of the molecule is COc1ccc(-c2nnc(CNc3c(Cl)cccc3Cl)o2)cc1OC. The Kier molecular flexibility index (Phi) is 5.31. The first-order valence-electron chi connectivity index (χ1n) is 7.35. The predicted octanol–water partition coefficient (Wildman–Crippen LogP) is 4.67. The van der Waals surface area contributed by atoms with E-state index >= 15 is 0 Å². The number of nitrogens with zero attached hydrogens (tertiary/aromatic N) is 2. The van der Waals surface area contributed by atoms with Gasteiger partial charge in [-0.25, -0.2) is 0 Å². The predicted molar refractivity (Wildman–Crippen MR) is 96.6 cm³/mol. The van der Waals surface area contributed by atoms with Gasteiger partial charge in [-0.15, -0.1) is 10.2 Å². The van der Waals surface area contributed by atoms with Gasteiger partial charge in [0, 0.05) is 5.56 Å². The van der Waals surface area contributed by atoms with Crippen molar-refractivity contribution in [2.24, 2.45) is 0 Å². The van der Waals surface area contributed by atoms with Crippen LogP contribution in [0.5, 0.6) is 11.5 Å². The summed E-state index contributed by atoms with van der Waals surface area (Å²) in [6.45, 7) is 0.295. The fourth-order valence-corrected chi connectivity index (χ4v) is 2.77. The topological polar surface area (TPSA) is 69.4 Å². The quantitative estimate of drug-likeness (QED) is 0.670. The molecule has 1 aromatic heterocycles. The summed E-state index contributed by atoms with van der Waals surface area (Å²) in [5.74, 6) is 1.99. The molecule has 0 bridgehead atoms. The van der Waals surface area contributed by atoms with Gasteiger partial charge < -0.3 is 19.2 Å². The molecule has 0 saturated heterocycles. The Balaban J connectivity index is 1.77. The van der Waals surface area contributed by atoms with Crippen LogP contribution in [0.15, 0.2) is 40.8 Å². The van der Waals surface area contributed by atoms with Crippen LogP contribution in [-0.2, 0) is 6.54 Å². The summed E-state index contributed by atoms with van der Waals surface area (Å²) in [7, 11) is 3.14. The Bertz CT molecular complexity index is 863. The third-order valence-electron chi connectivity index (χ3n) is 3.48. The first-order chi connectivity index (χ1) is 12.1. The van der Waals surface area contributed by atoms with Gasteiger partial charge in [0.2, 0.25) is 11.8 Å². The van der Waals surface area contributed by atoms with Gasteiger partial charge in [-0.2, -0.15) is 0 Å². The molecule has 1 heterocycles. The van der Waals surface area contributed by atoms with Crippen LogP contribution in [0.2, 0.25) is 10.0 Å². The molecule has 3 aromatic rings. The van der Waals surface area contributed by atoms with Crippen LogP contribution < -0.4 is 14.8 Å². The lowest BCUT2D eigenvalue weighted by molar-refractivity contribution is 0.355. The Morgan fingerprint density at radius 1 is 1.00 bits per heavy atom. The van der Waals surface area contributed by atoms with E-state index in [1.165, 1.54) is 0 Å². The van der Waals surface area contributed by atoms with E-state index in [1.807, 2.05) is 6.07 Å². The molecular formula is C17H15Cl2N3O3. The Morgan fingerprint density at radius 2 is 1.72 bits per heavy atom. The van der Waals surface area contributed by atoms with Crippen molar-refractivity contribution in [1.82, 2.24) is 10.2 Å². The molecule has 3 rings (SSSR count). The number of benzene rings is 2. The van der Waals surface area contributed by atoms with Crippen LogP contribution in [0.4, 0.5) is 5.69 Å². The van der Waals surface area contributed by atoms with Crippen LogP contribution in [0.25, 0.3) is 11.5 Å². The number of rotatable bonds is 6. The second-order valence-corrected chi connectivity index (χ2v) is 5.84. The van der Waals surface area contributed by atoms with Gasteiger partial charge in [0.15, 0.2) is 11.5 Å². The van der Waals surface area contributed by atoms with Crippen molar-refractivity contribution >= 4 is 28.9 Å². The molecule has 0 amide bonds. The molecule has 6 nitrogen and oxygen atoms in total. The first-order valence-corrected chi connectivity index (χ1v) is 8.10. The van der Waals surface area contributed by atoms with E-state index in [4.69, 9.17) is 37.1 Å². The Labute approximate surface area is 154 Å². The van der Waals surface area contributed by atoms with Crippen molar-refractivity contribution in [3.63, 3.8) is 0 Å². The van der Waals surface area contributed by atoms with Gasteiger partial charge >= 0.3 is 0 Å². The first kappa shape index (κ1) is 17.4. The minimum Gasteiger partial charge on any atom is -0.493 e. The summed E-state index contributed by atoms with van der Waals surface area (Å²) in [5.41, 5.74) is 1.35. The largest absolute Gasteiger partial charge is 0.493 e. The lowest BCUT2D eigenvalue weighted by Gasteiger charge is -2.08. The zero-order chi connectivity index (χ0) is 17.8. The molecule has 0 radical (unpaired) electrons. The minimum atomic E-state index is 0.295. The monoisotopic (exact) mass is 379 g/mol. The molecule has 1 N–H and O–H groups in total. The maximum atomic E-state index is 6.12. The van der Waals surface area contributed by atoms with Crippen LogP contribution in [0, 0.1) is 0 Å². The van der Waals surface area contributed by atoms with Crippen molar-refractivity contribution in [2.75, 3.05) is 19.5 Å². The van der Waals surface area contributed by atoms with E-state index in [9.17, 15) is 0 Å². The second kappa shape index (κ2) is 7.63. The molecule has 2 aromatic carbocycles. The molecule has 0 saturated carbocycles. The van der Waals surface area contributed by atoms with Gasteiger partial charge in [0.05, 0.1) is 36.5 Å². The number of methoxy groups -OCH3 is 2. The zero-order valence-electron chi connectivity index (χ0n) is 13.5. The van der Waals surface area contributed by atoms with Crippen LogP contribution >= 0.6 is 23.2 Å². The normalized spacial score (nSPS) is 10.6. The molecular weight excluding hydrogens is 365 g/mol. The third kappa shape index (κ3) is 3.81. The van der Waals surface area contributed by atoms with E-state index in [2.05, 4.69) is 15.5 Å². The molecule has 0 aliphatic heterocycles. The van der Waals surface area contributed by atoms with Gasteiger partial charge in [0.25, 0.3) is 0 Å². The maximum absolute atomic E-state index is 6.12. The molecule has 0 spiro atoms. The van der Waals surface area contributed by atoms with Crippen molar-refractivity contribution < 1.29 is 13.9 Å². The fraction of sp³-hybridized carbons (Fsp3) is 0.176. The zero-order valence-corrected chi connectivity index (χ0v) is 15.1. The number of hydrogen-bond acceptors (Lipinski definition) is 6. The molecule has 8 heteroatoms. The summed E-state index contributed by atoms with van der Waals surface area (Å²) in [4.78, 5) is 0. The van der Waals surface area contributed by atoms with Gasteiger partial charge in [-0.1, -0.05) is 29.3 Å². The van der Waals surface area contributed by atoms with Crippen LogP contribution in [-0.4, -0.2) is 24.4 Å². The smallest absolute Gasteiger partial charge is 0.247 e. The lowest BCUT2D eigenvalue weighted by Crippen LogP contribution is -2.00. The van der Waals surface area contributed by atoms with Gasteiger partial charge in [0.1, 0.15) is 0 Å². The molecule has 0 aliphatic rings. The molecule has 0 atom stereocenters. The number of anilines is 1. The average Bonchev–Trinajstić information content (AvgIpc) is 3.09. The number of aromatic nitrogens is 2. The Morgan fingerprint density at radius 3 is 2.40 bits per heavy atom. The van der Waals surface area contributed by atoms with Crippen molar-refractivity contribution in [1.29, 1.82) is 0 Å². The number of ether oxygens (including phenoxy) is 2. The summed E-state index contributed by atoms with van der Waals surface area (Å²) < 4.78 is 16.2. The third-order valence-corrected chi connectivity index (χ3v) is 4.11. The highest BCUT2D eigenvalue weighted by molar-refractivity contribution is 6.39. The summed E-state index contributed by atoms with van der Waals surface area (Å²) >= 11 is 12.2.